The van der Waals surface area contributed by atoms with Gasteiger partial charge in [0.15, 0.2) is 0 Å². The van der Waals surface area contributed by atoms with Crippen LogP contribution in [0.4, 0.5) is 0 Å². The van der Waals surface area contributed by atoms with Crippen LogP contribution in [0.5, 0.6) is 0 Å². The van der Waals surface area contributed by atoms with Crippen LogP contribution in [0.2, 0.25) is 0 Å². The lowest BCUT2D eigenvalue weighted by molar-refractivity contribution is -0.142. The molecule has 1 amide bonds. The van der Waals surface area contributed by atoms with Gasteiger partial charge in [-0.1, -0.05) is 54.6 Å². The van der Waals surface area contributed by atoms with E-state index in [-0.39, 0.29) is 12.0 Å². The first kappa shape index (κ1) is 17.0. The molecular formula is C24H27NO2. The van der Waals surface area contributed by atoms with Gasteiger partial charge < -0.3 is 9.64 Å². The lowest BCUT2D eigenvalue weighted by Gasteiger charge is -2.34. The monoisotopic (exact) mass is 361 g/mol. The minimum Gasteiger partial charge on any atom is -0.368 e. The van der Waals surface area contributed by atoms with Crippen molar-refractivity contribution in [1.82, 2.24) is 4.90 Å². The van der Waals surface area contributed by atoms with Crippen molar-refractivity contribution in [3.8, 4) is 11.1 Å². The summed E-state index contributed by atoms with van der Waals surface area (Å²) in [6.07, 6.45) is 5.30. The summed E-state index contributed by atoms with van der Waals surface area (Å²) in [6, 6.07) is 19.7. The van der Waals surface area contributed by atoms with Crippen LogP contribution in [0, 0.1) is 5.41 Å². The van der Waals surface area contributed by atoms with Gasteiger partial charge in [0.1, 0.15) is 6.10 Å². The molecule has 2 atom stereocenters. The first-order valence-electron chi connectivity index (χ1n) is 10.3. The standard InChI is InChI=1S/C24H27NO2/c26-23(22-7-4-16-27-22)25-14-12-24(13-15-25)17-21(24)20-10-8-19(9-11-20)18-5-2-1-3-6-18/h1-3,5-6,8-11,21-22H,4,7,12-17H2/t21-,22-/m1/s1. The van der Waals surface area contributed by atoms with Crippen LogP contribution in [0.1, 0.15) is 43.6 Å². The highest BCUT2D eigenvalue weighted by atomic mass is 16.5. The van der Waals surface area contributed by atoms with Crippen LogP contribution in [-0.4, -0.2) is 36.6 Å². The first-order valence-corrected chi connectivity index (χ1v) is 10.3. The second-order valence-corrected chi connectivity index (χ2v) is 8.43. The SMILES string of the molecule is O=C([C@H]1CCCO1)N1CCC2(CC1)C[C@@H]2c1ccc(-c2ccccc2)cc1. The van der Waals surface area contributed by atoms with Crippen molar-refractivity contribution in [3.05, 3.63) is 60.2 Å². The van der Waals surface area contributed by atoms with E-state index in [0.29, 0.717) is 11.3 Å². The predicted molar refractivity (Wildman–Crippen MR) is 106 cm³/mol. The van der Waals surface area contributed by atoms with E-state index >= 15 is 0 Å². The maximum absolute atomic E-state index is 12.6. The van der Waals surface area contributed by atoms with Crippen molar-refractivity contribution in [2.75, 3.05) is 19.7 Å². The van der Waals surface area contributed by atoms with E-state index in [1.165, 1.54) is 23.1 Å². The van der Waals surface area contributed by atoms with Gasteiger partial charge in [-0.15, -0.1) is 0 Å². The Morgan fingerprint density at radius 1 is 0.963 bits per heavy atom. The van der Waals surface area contributed by atoms with Gasteiger partial charge in [0.05, 0.1) is 0 Å². The summed E-state index contributed by atoms with van der Waals surface area (Å²) in [7, 11) is 0. The van der Waals surface area contributed by atoms with Gasteiger partial charge >= 0.3 is 0 Å². The van der Waals surface area contributed by atoms with Crippen molar-refractivity contribution in [2.45, 2.75) is 44.1 Å². The lowest BCUT2D eigenvalue weighted by atomic mass is 9.88. The molecule has 3 heteroatoms. The number of carbonyl (C=O) groups is 1. The third-order valence-corrected chi connectivity index (χ3v) is 6.89. The summed E-state index contributed by atoms with van der Waals surface area (Å²) < 4.78 is 5.58. The topological polar surface area (TPSA) is 29.5 Å². The fourth-order valence-electron chi connectivity index (χ4n) is 5.06. The fourth-order valence-corrected chi connectivity index (χ4v) is 5.06. The van der Waals surface area contributed by atoms with Crippen molar-refractivity contribution in [1.29, 1.82) is 0 Å². The van der Waals surface area contributed by atoms with Crippen LogP contribution in [0.3, 0.4) is 0 Å². The van der Waals surface area contributed by atoms with Crippen LogP contribution < -0.4 is 0 Å². The predicted octanol–water partition coefficient (Wildman–Crippen LogP) is 4.63. The minimum atomic E-state index is -0.167. The van der Waals surface area contributed by atoms with Crippen molar-refractivity contribution in [2.24, 2.45) is 5.41 Å². The number of likely N-dealkylation sites (tertiary alicyclic amines) is 1. The molecule has 5 rings (SSSR count). The fraction of sp³-hybridized carbons (Fsp3) is 0.458. The van der Waals surface area contributed by atoms with E-state index in [2.05, 4.69) is 59.5 Å². The first-order chi connectivity index (χ1) is 13.3. The van der Waals surface area contributed by atoms with Crippen LogP contribution in [0.15, 0.2) is 54.6 Å². The molecule has 27 heavy (non-hydrogen) atoms. The zero-order valence-electron chi connectivity index (χ0n) is 15.8. The van der Waals surface area contributed by atoms with E-state index < -0.39 is 0 Å². The largest absolute Gasteiger partial charge is 0.368 e. The minimum absolute atomic E-state index is 0.167. The number of amides is 1. The highest BCUT2D eigenvalue weighted by Crippen LogP contribution is 2.65. The van der Waals surface area contributed by atoms with Gasteiger partial charge in [-0.3, -0.25) is 4.79 Å². The maximum Gasteiger partial charge on any atom is 0.251 e. The highest BCUT2D eigenvalue weighted by molar-refractivity contribution is 5.81. The van der Waals surface area contributed by atoms with Crippen LogP contribution in [0.25, 0.3) is 11.1 Å². The molecule has 2 saturated heterocycles. The van der Waals surface area contributed by atoms with E-state index in [9.17, 15) is 4.79 Å². The second-order valence-electron chi connectivity index (χ2n) is 8.43. The number of carbonyl (C=O) groups excluding carboxylic acids is 1. The molecule has 0 radical (unpaired) electrons. The number of ether oxygens (including phenoxy) is 1. The molecule has 1 aliphatic carbocycles. The van der Waals surface area contributed by atoms with Gasteiger partial charge in [-0.05, 0) is 60.1 Å². The molecule has 1 spiro atoms. The average molecular weight is 361 g/mol. The summed E-state index contributed by atoms with van der Waals surface area (Å²) in [4.78, 5) is 14.6. The van der Waals surface area contributed by atoms with Gasteiger partial charge in [-0.2, -0.15) is 0 Å². The number of piperidine rings is 1. The zero-order chi connectivity index (χ0) is 18.3. The quantitative estimate of drug-likeness (QED) is 0.798. The number of hydrogen-bond donors (Lipinski definition) is 0. The lowest BCUT2D eigenvalue weighted by Crippen LogP contribution is -2.44. The molecule has 0 unspecified atom stereocenters. The Kier molecular flexibility index (Phi) is 4.28. The summed E-state index contributed by atoms with van der Waals surface area (Å²) in [6.45, 7) is 2.55. The Bertz CT molecular complexity index is 800. The smallest absolute Gasteiger partial charge is 0.251 e. The van der Waals surface area contributed by atoms with E-state index in [1.54, 1.807) is 0 Å². The molecule has 3 fully saturated rings. The van der Waals surface area contributed by atoms with Crippen molar-refractivity contribution < 1.29 is 9.53 Å². The Labute approximate surface area is 161 Å². The summed E-state index contributed by atoms with van der Waals surface area (Å²) in [5, 5.41) is 0. The molecule has 3 aliphatic rings. The van der Waals surface area contributed by atoms with Gasteiger partial charge in [0.2, 0.25) is 0 Å². The highest BCUT2D eigenvalue weighted by Gasteiger charge is 2.55. The summed E-state index contributed by atoms with van der Waals surface area (Å²) in [5.74, 6) is 0.897. The number of benzene rings is 2. The van der Waals surface area contributed by atoms with Crippen molar-refractivity contribution >= 4 is 5.91 Å². The van der Waals surface area contributed by atoms with E-state index in [4.69, 9.17) is 4.74 Å². The number of rotatable bonds is 3. The molecule has 2 aromatic rings. The molecule has 2 heterocycles. The number of hydrogen-bond acceptors (Lipinski definition) is 2. The van der Waals surface area contributed by atoms with E-state index in [0.717, 1.165) is 45.4 Å². The normalized spacial score (nSPS) is 26.3. The van der Waals surface area contributed by atoms with Crippen LogP contribution in [-0.2, 0) is 9.53 Å². The molecule has 0 N–H and O–H groups in total. The molecular weight excluding hydrogens is 334 g/mol. The molecule has 0 bridgehead atoms. The van der Waals surface area contributed by atoms with Gasteiger partial charge in [-0.25, -0.2) is 0 Å². The third-order valence-electron chi connectivity index (χ3n) is 6.89. The third kappa shape index (κ3) is 3.19. The summed E-state index contributed by atoms with van der Waals surface area (Å²) >= 11 is 0. The maximum atomic E-state index is 12.6. The Morgan fingerprint density at radius 3 is 2.33 bits per heavy atom. The molecule has 3 nitrogen and oxygen atoms in total. The Hall–Kier alpha value is -2.13. The van der Waals surface area contributed by atoms with E-state index in [1.807, 2.05) is 0 Å². The van der Waals surface area contributed by atoms with Gasteiger partial charge in [0.25, 0.3) is 5.91 Å². The van der Waals surface area contributed by atoms with Crippen molar-refractivity contribution in [3.63, 3.8) is 0 Å². The second kappa shape index (κ2) is 6.79. The molecule has 2 aliphatic heterocycles. The molecule has 140 valence electrons. The Balaban J connectivity index is 1.21. The van der Waals surface area contributed by atoms with Crippen LogP contribution >= 0.6 is 0 Å². The molecule has 0 aromatic heterocycles. The average Bonchev–Trinajstić information content (AvgIpc) is 3.16. The zero-order valence-corrected chi connectivity index (χ0v) is 15.8. The summed E-state index contributed by atoms with van der Waals surface area (Å²) in [5.41, 5.74) is 4.46. The van der Waals surface area contributed by atoms with Gasteiger partial charge in [0, 0.05) is 19.7 Å². The Morgan fingerprint density at radius 2 is 1.67 bits per heavy atom. The number of nitrogens with zero attached hydrogens (tertiary/aromatic N) is 1. The molecule has 1 saturated carbocycles. The molecule has 2 aromatic carbocycles.